The molecule has 5 nitrogen and oxygen atoms in total. The number of carbonyl (C=O) groups is 1. The van der Waals surface area contributed by atoms with Gasteiger partial charge in [0.1, 0.15) is 5.82 Å². The minimum Gasteiger partial charge on any atom is -0.465 e. The predicted octanol–water partition coefficient (Wildman–Crippen LogP) is 2.69. The smallest absolute Gasteiger partial charge is 0.340 e. The van der Waals surface area contributed by atoms with Gasteiger partial charge in [-0.05, 0) is 37.2 Å². The lowest BCUT2D eigenvalue weighted by molar-refractivity contribution is 0.0602. The summed E-state index contributed by atoms with van der Waals surface area (Å²) < 4.78 is 4.72. The molecule has 1 fully saturated rings. The summed E-state index contributed by atoms with van der Waals surface area (Å²) in [4.78, 5) is 15.9. The van der Waals surface area contributed by atoms with Crippen molar-refractivity contribution in [3.8, 4) is 0 Å². The standard InChI is InChI=1S/C15H23N3O2/c1-9-4-5-11(6-10(9)2)18-14-7-12(15(19)20-3)13(16)8-17-14/h7-11H,4-6,16H2,1-3H3,(H,17,18). The van der Waals surface area contributed by atoms with Crippen molar-refractivity contribution in [2.75, 3.05) is 18.2 Å². The van der Waals surface area contributed by atoms with Crippen LogP contribution in [0.15, 0.2) is 12.3 Å². The van der Waals surface area contributed by atoms with Gasteiger partial charge in [-0.3, -0.25) is 0 Å². The third-order valence-electron chi connectivity index (χ3n) is 4.29. The first-order valence-corrected chi connectivity index (χ1v) is 7.11. The van der Waals surface area contributed by atoms with Gasteiger partial charge in [0, 0.05) is 6.04 Å². The molecule has 1 aliphatic carbocycles. The Balaban J connectivity index is 2.08. The zero-order valence-electron chi connectivity index (χ0n) is 12.3. The Morgan fingerprint density at radius 2 is 2.15 bits per heavy atom. The lowest BCUT2D eigenvalue weighted by Gasteiger charge is -2.32. The minimum atomic E-state index is -0.432. The summed E-state index contributed by atoms with van der Waals surface area (Å²) in [5.41, 5.74) is 6.45. The number of nitrogen functional groups attached to an aromatic ring is 1. The Morgan fingerprint density at radius 1 is 1.40 bits per heavy atom. The van der Waals surface area contributed by atoms with Crippen molar-refractivity contribution in [2.45, 2.75) is 39.2 Å². The highest BCUT2D eigenvalue weighted by atomic mass is 16.5. The van der Waals surface area contributed by atoms with E-state index < -0.39 is 5.97 Å². The van der Waals surface area contributed by atoms with Crippen molar-refractivity contribution < 1.29 is 9.53 Å². The van der Waals surface area contributed by atoms with Gasteiger partial charge in [-0.25, -0.2) is 9.78 Å². The molecule has 0 radical (unpaired) electrons. The second kappa shape index (κ2) is 6.11. The van der Waals surface area contributed by atoms with E-state index in [4.69, 9.17) is 10.5 Å². The fraction of sp³-hybridized carbons (Fsp3) is 0.600. The molecule has 110 valence electrons. The lowest BCUT2D eigenvalue weighted by atomic mass is 9.79. The number of nitrogens with zero attached hydrogens (tertiary/aromatic N) is 1. The maximum absolute atomic E-state index is 11.6. The molecule has 0 aromatic carbocycles. The zero-order valence-corrected chi connectivity index (χ0v) is 12.3. The fourth-order valence-electron chi connectivity index (χ4n) is 2.72. The van der Waals surface area contributed by atoms with Gasteiger partial charge in [0.25, 0.3) is 0 Å². The average Bonchev–Trinajstić information content (AvgIpc) is 2.44. The minimum absolute atomic E-state index is 0.341. The molecule has 2 rings (SSSR count). The van der Waals surface area contributed by atoms with Gasteiger partial charge in [0.05, 0.1) is 24.6 Å². The van der Waals surface area contributed by atoms with E-state index in [1.165, 1.54) is 19.7 Å². The topological polar surface area (TPSA) is 77.2 Å². The number of nitrogens with two attached hydrogens (primary N) is 1. The first-order chi connectivity index (χ1) is 9.51. The number of anilines is 2. The molecule has 0 bridgehead atoms. The van der Waals surface area contributed by atoms with E-state index in [0.717, 1.165) is 18.8 Å². The van der Waals surface area contributed by atoms with E-state index in [1.807, 2.05) is 0 Å². The van der Waals surface area contributed by atoms with Crippen LogP contribution in [0.2, 0.25) is 0 Å². The number of hydrogen-bond acceptors (Lipinski definition) is 5. The van der Waals surface area contributed by atoms with Crippen molar-refractivity contribution in [3.05, 3.63) is 17.8 Å². The summed E-state index contributed by atoms with van der Waals surface area (Å²) in [6.45, 7) is 4.59. The van der Waals surface area contributed by atoms with E-state index in [2.05, 4.69) is 24.1 Å². The number of rotatable bonds is 3. The molecule has 1 aliphatic rings. The van der Waals surface area contributed by atoms with Gasteiger partial charge in [0.2, 0.25) is 0 Å². The predicted molar refractivity (Wildman–Crippen MR) is 79.6 cm³/mol. The summed E-state index contributed by atoms with van der Waals surface area (Å²) in [6, 6.07) is 2.08. The van der Waals surface area contributed by atoms with Gasteiger partial charge >= 0.3 is 5.97 Å². The highest BCUT2D eigenvalue weighted by molar-refractivity contribution is 5.95. The molecule has 5 heteroatoms. The van der Waals surface area contributed by atoms with Gasteiger partial charge < -0.3 is 15.8 Å². The molecule has 1 aromatic heterocycles. The van der Waals surface area contributed by atoms with Crippen LogP contribution in [0.4, 0.5) is 11.5 Å². The molecule has 0 saturated heterocycles. The SMILES string of the molecule is COC(=O)c1cc(NC2CCC(C)C(C)C2)ncc1N. The van der Waals surface area contributed by atoms with Crippen molar-refractivity contribution in [2.24, 2.45) is 11.8 Å². The number of methoxy groups -OCH3 is 1. The summed E-state index contributed by atoms with van der Waals surface area (Å²) in [6.07, 6.45) is 4.98. The number of nitrogens with one attached hydrogen (secondary N) is 1. The summed E-state index contributed by atoms with van der Waals surface area (Å²) in [5, 5.41) is 3.40. The van der Waals surface area contributed by atoms with Crippen LogP contribution in [-0.4, -0.2) is 24.1 Å². The van der Waals surface area contributed by atoms with Gasteiger partial charge in [-0.15, -0.1) is 0 Å². The Kier molecular flexibility index (Phi) is 4.47. The molecule has 0 spiro atoms. The first kappa shape index (κ1) is 14.6. The van der Waals surface area contributed by atoms with Crippen molar-refractivity contribution in [3.63, 3.8) is 0 Å². The number of esters is 1. The number of hydrogen-bond donors (Lipinski definition) is 2. The van der Waals surface area contributed by atoms with Gasteiger partial charge in [0.15, 0.2) is 0 Å². The second-order valence-corrected chi connectivity index (χ2v) is 5.76. The van der Waals surface area contributed by atoms with Crippen LogP contribution >= 0.6 is 0 Å². The lowest BCUT2D eigenvalue weighted by Crippen LogP contribution is -2.30. The number of ether oxygens (including phenoxy) is 1. The summed E-state index contributed by atoms with van der Waals surface area (Å²) >= 11 is 0. The molecule has 20 heavy (non-hydrogen) atoms. The molecule has 3 unspecified atom stereocenters. The molecule has 1 heterocycles. The van der Waals surface area contributed by atoms with Crippen molar-refractivity contribution in [1.82, 2.24) is 4.98 Å². The Bertz CT molecular complexity index is 490. The van der Waals surface area contributed by atoms with Crippen LogP contribution in [0, 0.1) is 11.8 Å². The molecule has 3 N–H and O–H groups in total. The molecular weight excluding hydrogens is 254 g/mol. The van der Waals surface area contributed by atoms with Crippen LogP contribution in [0.3, 0.4) is 0 Å². The maximum Gasteiger partial charge on any atom is 0.340 e. The van der Waals surface area contributed by atoms with E-state index >= 15 is 0 Å². The van der Waals surface area contributed by atoms with Crippen molar-refractivity contribution in [1.29, 1.82) is 0 Å². The fourth-order valence-corrected chi connectivity index (χ4v) is 2.72. The van der Waals surface area contributed by atoms with E-state index in [0.29, 0.717) is 29.0 Å². The zero-order chi connectivity index (χ0) is 14.7. The third-order valence-corrected chi connectivity index (χ3v) is 4.29. The Hall–Kier alpha value is -1.78. The van der Waals surface area contributed by atoms with Crippen molar-refractivity contribution >= 4 is 17.5 Å². The molecule has 1 aromatic rings. The quantitative estimate of drug-likeness (QED) is 0.831. The van der Waals surface area contributed by atoms with E-state index in [9.17, 15) is 4.79 Å². The molecule has 0 amide bonds. The van der Waals surface area contributed by atoms with E-state index in [1.54, 1.807) is 6.07 Å². The maximum atomic E-state index is 11.6. The van der Waals surface area contributed by atoms with Crippen LogP contribution < -0.4 is 11.1 Å². The highest BCUT2D eigenvalue weighted by Gasteiger charge is 2.24. The number of carbonyl (C=O) groups excluding carboxylic acids is 1. The third kappa shape index (κ3) is 3.21. The first-order valence-electron chi connectivity index (χ1n) is 7.11. The Labute approximate surface area is 119 Å². The average molecular weight is 277 g/mol. The highest BCUT2D eigenvalue weighted by Crippen LogP contribution is 2.31. The molecule has 1 saturated carbocycles. The normalized spacial score (nSPS) is 26.1. The molecule has 0 aliphatic heterocycles. The summed E-state index contributed by atoms with van der Waals surface area (Å²) in [5.74, 6) is 1.73. The number of aromatic nitrogens is 1. The monoisotopic (exact) mass is 277 g/mol. The van der Waals surface area contributed by atoms with Crippen LogP contribution in [0.25, 0.3) is 0 Å². The van der Waals surface area contributed by atoms with Crippen LogP contribution in [0.1, 0.15) is 43.5 Å². The number of pyridine rings is 1. The van der Waals surface area contributed by atoms with Crippen LogP contribution in [0.5, 0.6) is 0 Å². The van der Waals surface area contributed by atoms with Gasteiger partial charge in [-0.1, -0.05) is 13.8 Å². The summed E-state index contributed by atoms with van der Waals surface area (Å²) in [7, 11) is 1.35. The van der Waals surface area contributed by atoms with Crippen LogP contribution in [-0.2, 0) is 4.74 Å². The van der Waals surface area contributed by atoms with Gasteiger partial charge in [-0.2, -0.15) is 0 Å². The molecular formula is C15H23N3O2. The Morgan fingerprint density at radius 3 is 2.80 bits per heavy atom. The van der Waals surface area contributed by atoms with E-state index in [-0.39, 0.29) is 0 Å². The molecule has 3 atom stereocenters. The second-order valence-electron chi connectivity index (χ2n) is 5.76. The largest absolute Gasteiger partial charge is 0.465 e.